The number of alkyl halides is 7. The Kier molecular flexibility index (Phi) is 4.70. The molecule has 0 aliphatic rings. The monoisotopic (exact) mass is 321 g/mol. The molecule has 2 nitrogen and oxygen atoms in total. The fraction of sp³-hybridized carbons (Fsp3) is 0.750. The molecule has 14 heavy (non-hydrogen) atoms. The maximum atomic E-state index is 12.1. The van der Waals surface area contributed by atoms with E-state index in [4.69, 9.17) is 5.11 Å². The van der Waals surface area contributed by atoms with E-state index in [0.717, 1.165) is 0 Å². The quantitative estimate of drug-likeness (QED) is 0.591. The van der Waals surface area contributed by atoms with Crippen molar-refractivity contribution in [1.29, 1.82) is 0 Å². The summed E-state index contributed by atoms with van der Waals surface area (Å²) in [5, 5.41) is 7.49. The summed E-state index contributed by atoms with van der Waals surface area (Å²) in [6, 6.07) is 0. The van der Waals surface area contributed by atoms with Crippen molar-refractivity contribution in [3.8, 4) is 0 Å². The number of hydrogen-bond acceptors (Lipinski definition) is 1. The van der Waals surface area contributed by atoms with Crippen molar-refractivity contribution in [1.82, 2.24) is 0 Å². The standard InChI is InChI=1S/C4HF7O2.Ag/c5-2(1(12)13,3(6,7)8)4(9,10)11;/h(H,12,13);. The third-order valence-corrected chi connectivity index (χ3v) is 1.08. The van der Waals surface area contributed by atoms with Crippen LogP contribution in [0, 0.1) is 0 Å². The summed E-state index contributed by atoms with van der Waals surface area (Å²) >= 11 is 0. The van der Waals surface area contributed by atoms with E-state index in [-0.39, 0.29) is 22.4 Å². The first-order chi connectivity index (χ1) is 5.44. The minimum Gasteiger partial charge on any atom is -0.478 e. The van der Waals surface area contributed by atoms with Crippen molar-refractivity contribution < 1.29 is 63.0 Å². The fourth-order valence-corrected chi connectivity index (χ4v) is 0.403. The Balaban J connectivity index is 0. The Morgan fingerprint density at radius 1 is 0.857 bits per heavy atom. The van der Waals surface area contributed by atoms with Gasteiger partial charge >= 0.3 is 24.0 Å². The minimum absolute atomic E-state index is 0. The Bertz CT molecular complexity index is 205. The summed E-state index contributed by atoms with van der Waals surface area (Å²) in [4.78, 5) is 9.50. The first kappa shape index (κ1) is 16.2. The molecule has 10 heteroatoms. The summed E-state index contributed by atoms with van der Waals surface area (Å²) in [7, 11) is 0. The maximum Gasteiger partial charge on any atom is 0.442 e. The second-order valence-corrected chi connectivity index (χ2v) is 1.96. The zero-order chi connectivity index (χ0) is 11.1. The Hall–Kier alpha value is -0.280. The molecule has 0 aromatic rings. The van der Waals surface area contributed by atoms with Crippen LogP contribution in [0.4, 0.5) is 30.7 Å². The van der Waals surface area contributed by atoms with Crippen molar-refractivity contribution in [2.24, 2.45) is 0 Å². The number of aliphatic carboxylic acids is 1. The van der Waals surface area contributed by atoms with Gasteiger partial charge in [-0.05, 0) is 0 Å². The number of carboxylic acid groups (broad SMARTS) is 1. The van der Waals surface area contributed by atoms with E-state index in [1.165, 1.54) is 0 Å². The first-order valence-electron chi connectivity index (χ1n) is 2.50. The largest absolute Gasteiger partial charge is 0.478 e. The van der Waals surface area contributed by atoms with Crippen molar-refractivity contribution in [3.05, 3.63) is 0 Å². The van der Waals surface area contributed by atoms with E-state index < -0.39 is 24.0 Å². The smallest absolute Gasteiger partial charge is 0.442 e. The molecule has 0 saturated heterocycles. The summed E-state index contributed by atoms with van der Waals surface area (Å²) in [5.74, 6) is -3.63. The molecule has 1 N–H and O–H groups in total. The molecule has 0 aliphatic heterocycles. The molecule has 0 atom stereocenters. The van der Waals surface area contributed by atoms with Crippen LogP contribution in [0.15, 0.2) is 0 Å². The Morgan fingerprint density at radius 3 is 1.07 bits per heavy atom. The third-order valence-electron chi connectivity index (χ3n) is 1.08. The van der Waals surface area contributed by atoms with Gasteiger partial charge in [-0.1, -0.05) is 0 Å². The van der Waals surface area contributed by atoms with Crippen LogP contribution in [0.25, 0.3) is 0 Å². The van der Waals surface area contributed by atoms with Crippen LogP contribution in [-0.4, -0.2) is 29.1 Å². The molecule has 0 bridgehead atoms. The van der Waals surface area contributed by atoms with Gasteiger partial charge in [-0.3, -0.25) is 0 Å². The van der Waals surface area contributed by atoms with Gasteiger partial charge in [0.2, 0.25) is 0 Å². The number of carbonyl (C=O) groups is 1. The van der Waals surface area contributed by atoms with Gasteiger partial charge < -0.3 is 5.11 Å². The van der Waals surface area contributed by atoms with E-state index in [0.29, 0.717) is 0 Å². The molecule has 0 amide bonds. The van der Waals surface area contributed by atoms with Gasteiger partial charge in [-0.2, -0.15) is 26.3 Å². The van der Waals surface area contributed by atoms with Crippen LogP contribution in [0.1, 0.15) is 0 Å². The molecule has 0 heterocycles. The molecule has 0 unspecified atom stereocenters. The number of halogens is 7. The van der Waals surface area contributed by atoms with E-state index in [1.54, 1.807) is 0 Å². The third kappa shape index (κ3) is 2.39. The minimum atomic E-state index is -6.53. The number of hydrogen-bond donors (Lipinski definition) is 1. The average Bonchev–Trinajstić information content (AvgIpc) is 1.80. The molecule has 0 aromatic heterocycles. The molecule has 0 aromatic carbocycles. The van der Waals surface area contributed by atoms with Gasteiger partial charge in [0.25, 0.3) is 0 Å². The normalized spacial score (nSPS) is 13.4. The van der Waals surface area contributed by atoms with Crippen molar-refractivity contribution in [2.45, 2.75) is 18.0 Å². The summed E-state index contributed by atoms with van der Waals surface area (Å²) in [6.45, 7) is 0. The first-order valence-corrected chi connectivity index (χ1v) is 2.50. The van der Waals surface area contributed by atoms with Crippen LogP contribution in [0.3, 0.4) is 0 Å². The molecular weight excluding hydrogens is 321 g/mol. The summed E-state index contributed by atoms with van der Waals surface area (Å²) < 4.78 is 80.3. The van der Waals surface area contributed by atoms with Crippen molar-refractivity contribution >= 4 is 5.97 Å². The molecule has 0 saturated carbocycles. The molecular formula is C4HAgF7O2. The van der Waals surface area contributed by atoms with Crippen LogP contribution >= 0.6 is 0 Å². The van der Waals surface area contributed by atoms with Gasteiger partial charge in [0.05, 0.1) is 0 Å². The molecule has 0 aliphatic carbocycles. The van der Waals surface area contributed by atoms with Gasteiger partial charge in [0, 0.05) is 22.4 Å². The molecule has 1 radical (unpaired) electrons. The molecule has 0 rings (SSSR count). The molecule has 89 valence electrons. The van der Waals surface area contributed by atoms with E-state index in [1.807, 2.05) is 0 Å². The molecule has 0 fully saturated rings. The van der Waals surface area contributed by atoms with E-state index in [9.17, 15) is 35.5 Å². The van der Waals surface area contributed by atoms with Crippen LogP contribution in [0.5, 0.6) is 0 Å². The number of rotatable bonds is 1. The second kappa shape index (κ2) is 4.07. The SMILES string of the molecule is O=C(O)C(F)(C(F)(F)F)C(F)(F)F.[Ag]. The van der Waals surface area contributed by atoms with Crippen molar-refractivity contribution in [2.75, 3.05) is 0 Å². The topological polar surface area (TPSA) is 37.3 Å². The van der Waals surface area contributed by atoms with Crippen LogP contribution in [0.2, 0.25) is 0 Å². The predicted molar refractivity (Wildman–Crippen MR) is 23.6 cm³/mol. The van der Waals surface area contributed by atoms with Gasteiger partial charge in [0.1, 0.15) is 0 Å². The summed E-state index contributed by atoms with van der Waals surface area (Å²) in [5.41, 5.74) is -6.21. The van der Waals surface area contributed by atoms with Crippen molar-refractivity contribution in [3.63, 3.8) is 0 Å². The summed E-state index contributed by atoms with van der Waals surface area (Å²) in [6.07, 6.45) is -13.1. The zero-order valence-corrected chi connectivity index (χ0v) is 7.28. The van der Waals surface area contributed by atoms with E-state index >= 15 is 0 Å². The van der Waals surface area contributed by atoms with Crippen LogP contribution < -0.4 is 0 Å². The molecule has 0 spiro atoms. The van der Waals surface area contributed by atoms with Gasteiger partial charge in [-0.25, -0.2) is 9.18 Å². The predicted octanol–water partition coefficient (Wildman–Crippen LogP) is 1.90. The zero-order valence-electron chi connectivity index (χ0n) is 5.80. The van der Waals surface area contributed by atoms with Gasteiger partial charge in [-0.15, -0.1) is 0 Å². The fourth-order valence-electron chi connectivity index (χ4n) is 0.403. The Morgan fingerprint density at radius 2 is 1.07 bits per heavy atom. The second-order valence-electron chi connectivity index (χ2n) is 1.96. The maximum absolute atomic E-state index is 12.1. The number of carboxylic acids is 1. The van der Waals surface area contributed by atoms with E-state index in [2.05, 4.69) is 0 Å². The average molecular weight is 322 g/mol. The van der Waals surface area contributed by atoms with Gasteiger partial charge in [0.15, 0.2) is 0 Å². The van der Waals surface area contributed by atoms with Crippen LogP contribution in [-0.2, 0) is 27.2 Å². The Labute approximate surface area is 87.6 Å².